The summed E-state index contributed by atoms with van der Waals surface area (Å²) in [5.74, 6) is 0.888. The highest BCUT2D eigenvalue weighted by atomic mass is 16.2. The lowest BCUT2D eigenvalue weighted by molar-refractivity contribution is -0.123. The molecule has 0 aliphatic carbocycles. The van der Waals surface area contributed by atoms with Crippen molar-refractivity contribution in [2.45, 2.75) is 58.9 Å². The lowest BCUT2D eigenvalue weighted by Crippen LogP contribution is -2.44. The molecule has 1 heterocycles. The number of amides is 1. The molecule has 2 unspecified atom stereocenters. The standard InChI is InChI=1S/C16H33N3O/c1-4-7-14(3)18-16(20)13-19(10-5-2)12-15-8-6-9-17-11-15/h14-15,17H,4-13H2,1-3H3,(H,18,20). The number of hydrogen-bond donors (Lipinski definition) is 2. The van der Waals surface area contributed by atoms with Gasteiger partial charge in [0, 0.05) is 12.6 Å². The van der Waals surface area contributed by atoms with E-state index in [1.165, 1.54) is 12.8 Å². The van der Waals surface area contributed by atoms with Gasteiger partial charge >= 0.3 is 0 Å². The van der Waals surface area contributed by atoms with E-state index >= 15 is 0 Å². The van der Waals surface area contributed by atoms with Crippen LogP contribution in [0.5, 0.6) is 0 Å². The van der Waals surface area contributed by atoms with Gasteiger partial charge in [-0.2, -0.15) is 0 Å². The monoisotopic (exact) mass is 283 g/mol. The van der Waals surface area contributed by atoms with Crippen LogP contribution in [0.4, 0.5) is 0 Å². The minimum Gasteiger partial charge on any atom is -0.353 e. The first-order chi connectivity index (χ1) is 9.65. The lowest BCUT2D eigenvalue weighted by atomic mass is 9.99. The summed E-state index contributed by atoms with van der Waals surface area (Å²) in [5.41, 5.74) is 0. The van der Waals surface area contributed by atoms with Crippen molar-refractivity contribution < 1.29 is 4.79 Å². The van der Waals surface area contributed by atoms with Gasteiger partial charge in [-0.05, 0) is 58.2 Å². The van der Waals surface area contributed by atoms with Crippen LogP contribution in [0.3, 0.4) is 0 Å². The van der Waals surface area contributed by atoms with Crippen molar-refractivity contribution in [3.63, 3.8) is 0 Å². The van der Waals surface area contributed by atoms with E-state index in [1.807, 2.05) is 0 Å². The van der Waals surface area contributed by atoms with E-state index < -0.39 is 0 Å². The van der Waals surface area contributed by atoms with Crippen LogP contribution in [0.15, 0.2) is 0 Å². The third-order valence-electron chi connectivity index (χ3n) is 3.95. The van der Waals surface area contributed by atoms with Crippen molar-refractivity contribution in [1.29, 1.82) is 0 Å². The number of carbonyl (C=O) groups is 1. The average molecular weight is 283 g/mol. The van der Waals surface area contributed by atoms with Crippen molar-refractivity contribution >= 4 is 5.91 Å². The van der Waals surface area contributed by atoms with Crippen LogP contribution in [0.2, 0.25) is 0 Å². The minimum absolute atomic E-state index is 0.183. The minimum atomic E-state index is 0.183. The molecule has 0 aromatic heterocycles. The summed E-state index contributed by atoms with van der Waals surface area (Å²) < 4.78 is 0. The third-order valence-corrected chi connectivity index (χ3v) is 3.95. The molecule has 0 spiro atoms. The van der Waals surface area contributed by atoms with Gasteiger partial charge in [0.1, 0.15) is 0 Å². The average Bonchev–Trinajstić information content (AvgIpc) is 2.40. The van der Waals surface area contributed by atoms with Gasteiger partial charge in [0.2, 0.25) is 5.91 Å². The second kappa shape index (κ2) is 10.2. The molecular weight excluding hydrogens is 250 g/mol. The van der Waals surface area contributed by atoms with E-state index in [0.29, 0.717) is 18.5 Å². The summed E-state index contributed by atoms with van der Waals surface area (Å²) in [5, 5.41) is 6.57. The maximum Gasteiger partial charge on any atom is 0.234 e. The van der Waals surface area contributed by atoms with Crippen molar-refractivity contribution in [3.8, 4) is 0 Å². The highest BCUT2D eigenvalue weighted by Gasteiger charge is 2.18. The normalized spacial score (nSPS) is 20.9. The third kappa shape index (κ3) is 7.25. The molecule has 1 aliphatic rings. The molecule has 0 radical (unpaired) electrons. The maximum absolute atomic E-state index is 12.1. The molecule has 0 aromatic rings. The zero-order chi connectivity index (χ0) is 14.8. The lowest BCUT2D eigenvalue weighted by Gasteiger charge is -2.30. The number of nitrogens with zero attached hydrogens (tertiary/aromatic N) is 1. The highest BCUT2D eigenvalue weighted by molar-refractivity contribution is 5.78. The largest absolute Gasteiger partial charge is 0.353 e. The highest BCUT2D eigenvalue weighted by Crippen LogP contribution is 2.12. The Labute approximate surface area is 124 Å². The summed E-state index contributed by atoms with van der Waals surface area (Å²) in [7, 11) is 0. The van der Waals surface area contributed by atoms with Crippen LogP contribution in [0.1, 0.15) is 52.9 Å². The van der Waals surface area contributed by atoms with E-state index in [9.17, 15) is 4.79 Å². The van der Waals surface area contributed by atoms with Gasteiger partial charge in [0.25, 0.3) is 0 Å². The Hall–Kier alpha value is -0.610. The molecular formula is C16H33N3O. The SMILES string of the molecule is CCCC(C)NC(=O)CN(CCC)CC1CCCNC1. The molecule has 20 heavy (non-hydrogen) atoms. The van der Waals surface area contributed by atoms with Crippen molar-refractivity contribution in [2.24, 2.45) is 5.92 Å². The summed E-state index contributed by atoms with van der Waals surface area (Å²) in [4.78, 5) is 14.4. The van der Waals surface area contributed by atoms with Gasteiger partial charge in [-0.1, -0.05) is 20.3 Å². The molecule has 1 rings (SSSR count). The van der Waals surface area contributed by atoms with Crippen molar-refractivity contribution in [1.82, 2.24) is 15.5 Å². The van der Waals surface area contributed by atoms with E-state index in [2.05, 4.69) is 36.3 Å². The first-order valence-corrected chi connectivity index (χ1v) is 8.38. The van der Waals surface area contributed by atoms with Gasteiger partial charge in [-0.15, -0.1) is 0 Å². The first kappa shape index (κ1) is 17.4. The molecule has 2 N–H and O–H groups in total. The fourth-order valence-electron chi connectivity index (χ4n) is 3.02. The summed E-state index contributed by atoms with van der Waals surface area (Å²) in [6.45, 7) is 11.3. The second-order valence-electron chi connectivity index (χ2n) is 6.20. The molecule has 4 heteroatoms. The second-order valence-corrected chi connectivity index (χ2v) is 6.20. The van der Waals surface area contributed by atoms with Crippen LogP contribution < -0.4 is 10.6 Å². The van der Waals surface area contributed by atoms with Crippen LogP contribution in [0.25, 0.3) is 0 Å². The van der Waals surface area contributed by atoms with E-state index in [1.54, 1.807) is 0 Å². The summed E-state index contributed by atoms with van der Waals surface area (Å²) in [6.07, 6.45) is 5.85. The van der Waals surface area contributed by atoms with Gasteiger partial charge in [0.05, 0.1) is 6.54 Å². The quantitative estimate of drug-likeness (QED) is 0.680. The summed E-state index contributed by atoms with van der Waals surface area (Å²) in [6, 6.07) is 0.298. The number of piperidine rings is 1. The zero-order valence-electron chi connectivity index (χ0n) is 13.6. The smallest absolute Gasteiger partial charge is 0.234 e. The van der Waals surface area contributed by atoms with Crippen LogP contribution in [-0.2, 0) is 4.79 Å². The molecule has 1 fully saturated rings. The first-order valence-electron chi connectivity index (χ1n) is 8.38. The Morgan fingerprint density at radius 1 is 1.40 bits per heavy atom. The van der Waals surface area contributed by atoms with Crippen LogP contribution in [0, 0.1) is 5.92 Å². The molecule has 4 nitrogen and oxygen atoms in total. The fraction of sp³-hybridized carbons (Fsp3) is 0.938. The van der Waals surface area contributed by atoms with Gasteiger partial charge in [-0.3, -0.25) is 9.69 Å². The molecule has 0 aromatic carbocycles. The number of nitrogens with one attached hydrogen (secondary N) is 2. The Kier molecular flexibility index (Phi) is 8.86. The zero-order valence-corrected chi connectivity index (χ0v) is 13.6. The van der Waals surface area contributed by atoms with E-state index in [-0.39, 0.29) is 5.91 Å². The van der Waals surface area contributed by atoms with Crippen molar-refractivity contribution in [3.05, 3.63) is 0 Å². The molecule has 0 saturated carbocycles. The molecule has 1 aliphatic heterocycles. The number of rotatable bonds is 9. The number of hydrogen-bond acceptors (Lipinski definition) is 3. The molecule has 2 atom stereocenters. The van der Waals surface area contributed by atoms with E-state index in [4.69, 9.17) is 0 Å². The predicted molar refractivity (Wildman–Crippen MR) is 84.8 cm³/mol. The number of carbonyl (C=O) groups excluding carboxylic acids is 1. The van der Waals surface area contributed by atoms with Gasteiger partial charge in [-0.25, -0.2) is 0 Å². The van der Waals surface area contributed by atoms with Gasteiger partial charge < -0.3 is 10.6 Å². The Balaban J connectivity index is 2.34. The fourth-order valence-corrected chi connectivity index (χ4v) is 3.02. The topological polar surface area (TPSA) is 44.4 Å². The Morgan fingerprint density at radius 2 is 2.20 bits per heavy atom. The van der Waals surface area contributed by atoms with Crippen LogP contribution >= 0.6 is 0 Å². The predicted octanol–water partition coefficient (Wildman–Crippen LogP) is 2.00. The maximum atomic E-state index is 12.1. The van der Waals surface area contributed by atoms with Crippen LogP contribution in [-0.4, -0.2) is 49.6 Å². The molecule has 1 amide bonds. The van der Waals surface area contributed by atoms with Gasteiger partial charge in [0.15, 0.2) is 0 Å². The Bertz CT molecular complexity index is 264. The van der Waals surface area contributed by atoms with Crippen molar-refractivity contribution in [2.75, 3.05) is 32.7 Å². The Morgan fingerprint density at radius 3 is 2.80 bits per heavy atom. The summed E-state index contributed by atoms with van der Waals surface area (Å²) >= 11 is 0. The molecule has 1 saturated heterocycles. The molecule has 118 valence electrons. The van der Waals surface area contributed by atoms with E-state index in [0.717, 1.165) is 45.4 Å². The molecule has 0 bridgehead atoms.